The molecule has 0 aromatic carbocycles. The Bertz CT molecular complexity index is 164. The van der Waals surface area contributed by atoms with Gasteiger partial charge in [-0.2, -0.15) is 0 Å². The quantitative estimate of drug-likeness (QED) is 0.499. The molecule has 1 atom stereocenters. The maximum absolute atomic E-state index is 5.54. The van der Waals surface area contributed by atoms with Crippen molar-refractivity contribution in [2.45, 2.75) is 6.17 Å². The van der Waals surface area contributed by atoms with E-state index in [1.807, 2.05) is 7.05 Å². The summed E-state index contributed by atoms with van der Waals surface area (Å²) in [4.78, 5) is 5.58. The van der Waals surface area contributed by atoms with Crippen molar-refractivity contribution < 1.29 is 0 Å². The molecule has 3 nitrogen and oxygen atoms in total. The zero-order chi connectivity index (χ0) is 6.85. The smallest absolute Gasteiger partial charge is 0.144 e. The first-order valence-corrected chi connectivity index (χ1v) is 2.97. The molecular weight excluding hydrogens is 138 g/mol. The Morgan fingerprint density at radius 1 is 1.89 bits per heavy atom. The highest BCUT2D eigenvalue weighted by molar-refractivity contribution is 6.29. The van der Waals surface area contributed by atoms with E-state index < -0.39 is 0 Å². The topological polar surface area (TPSA) is 41.6 Å². The van der Waals surface area contributed by atoms with Crippen LogP contribution < -0.4 is 5.73 Å². The van der Waals surface area contributed by atoms with Gasteiger partial charge in [-0.05, 0) is 0 Å². The number of nitrogens with zero attached hydrogens (tertiary/aromatic N) is 2. The fourth-order valence-electron chi connectivity index (χ4n) is 0.540. The summed E-state index contributed by atoms with van der Waals surface area (Å²) in [7, 11) is 1.85. The minimum Gasteiger partial charge on any atom is -0.358 e. The van der Waals surface area contributed by atoms with Crippen LogP contribution in [0.15, 0.2) is 16.3 Å². The standard InChI is InChI=1S/C5H8ClN3/c1-9-3-4(6)8-2-5(9)7/h2-3,5H,7H2,1H3. The SMILES string of the molecule is CN1C=C(Cl)N=CC1N. The van der Waals surface area contributed by atoms with Crippen LogP contribution in [0, 0.1) is 0 Å². The number of aliphatic imine (C=N–C) groups is 1. The summed E-state index contributed by atoms with van der Waals surface area (Å²) >= 11 is 5.54. The second-order valence-corrected chi connectivity index (χ2v) is 2.27. The summed E-state index contributed by atoms with van der Waals surface area (Å²) in [5.41, 5.74) is 5.51. The lowest BCUT2D eigenvalue weighted by atomic mass is 10.4. The molecule has 1 heterocycles. The highest BCUT2D eigenvalue weighted by atomic mass is 35.5. The predicted molar refractivity (Wildman–Crippen MR) is 38.2 cm³/mol. The molecule has 1 rings (SSSR count). The third kappa shape index (κ3) is 1.43. The molecule has 1 aliphatic heterocycles. The second-order valence-electron chi connectivity index (χ2n) is 1.89. The van der Waals surface area contributed by atoms with Crippen molar-refractivity contribution in [2.75, 3.05) is 7.05 Å². The Morgan fingerprint density at radius 2 is 2.56 bits per heavy atom. The molecule has 2 N–H and O–H groups in total. The molecule has 0 bridgehead atoms. The van der Waals surface area contributed by atoms with E-state index in [9.17, 15) is 0 Å². The molecule has 4 heteroatoms. The summed E-state index contributed by atoms with van der Waals surface area (Å²) < 4.78 is 0. The normalized spacial score (nSPS) is 26.3. The molecular formula is C5H8ClN3. The lowest BCUT2D eigenvalue weighted by Gasteiger charge is -2.21. The average molecular weight is 146 g/mol. The van der Waals surface area contributed by atoms with Crippen LogP contribution in [-0.2, 0) is 0 Å². The molecule has 0 radical (unpaired) electrons. The van der Waals surface area contributed by atoms with Crippen LogP contribution in [0.1, 0.15) is 0 Å². The van der Waals surface area contributed by atoms with Gasteiger partial charge in [-0.3, -0.25) is 0 Å². The monoisotopic (exact) mass is 145 g/mol. The van der Waals surface area contributed by atoms with Gasteiger partial charge in [0.05, 0.1) is 0 Å². The van der Waals surface area contributed by atoms with Crippen LogP contribution >= 0.6 is 11.6 Å². The van der Waals surface area contributed by atoms with Gasteiger partial charge in [0.25, 0.3) is 0 Å². The highest BCUT2D eigenvalue weighted by Crippen LogP contribution is 2.08. The van der Waals surface area contributed by atoms with Crippen molar-refractivity contribution in [1.82, 2.24) is 4.90 Å². The molecule has 1 aliphatic rings. The summed E-state index contributed by atoms with van der Waals surface area (Å²) in [6.45, 7) is 0. The molecule has 9 heavy (non-hydrogen) atoms. The molecule has 50 valence electrons. The van der Waals surface area contributed by atoms with Gasteiger partial charge in [-0.25, -0.2) is 4.99 Å². The van der Waals surface area contributed by atoms with Crippen molar-refractivity contribution in [3.05, 3.63) is 11.4 Å². The Morgan fingerprint density at radius 3 is 3.00 bits per heavy atom. The van der Waals surface area contributed by atoms with Gasteiger partial charge < -0.3 is 10.6 Å². The first kappa shape index (κ1) is 6.58. The zero-order valence-corrected chi connectivity index (χ0v) is 5.84. The van der Waals surface area contributed by atoms with E-state index in [4.69, 9.17) is 17.3 Å². The minimum absolute atomic E-state index is 0.132. The van der Waals surface area contributed by atoms with E-state index in [0.29, 0.717) is 5.16 Å². The predicted octanol–water partition coefficient (Wildman–Crippen LogP) is 0.325. The van der Waals surface area contributed by atoms with E-state index in [-0.39, 0.29) is 6.17 Å². The van der Waals surface area contributed by atoms with Crippen LogP contribution in [0.4, 0.5) is 0 Å². The van der Waals surface area contributed by atoms with Gasteiger partial charge >= 0.3 is 0 Å². The molecule has 0 amide bonds. The van der Waals surface area contributed by atoms with Crippen LogP contribution in [0.25, 0.3) is 0 Å². The van der Waals surface area contributed by atoms with E-state index in [1.54, 1.807) is 17.3 Å². The van der Waals surface area contributed by atoms with E-state index in [0.717, 1.165) is 0 Å². The van der Waals surface area contributed by atoms with Crippen LogP contribution in [0.5, 0.6) is 0 Å². The highest BCUT2D eigenvalue weighted by Gasteiger charge is 2.07. The first-order valence-electron chi connectivity index (χ1n) is 2.59. The Labute approximate surface area is 58.8 Å². The molecule has 0 fully saturated rings. The number of nitrogens with two attached hydrogens (primary N) is 1. The Kier molecular flexibility index (Phi) is 1.73. The first-order chi connectivity index (χ1) is 4.20. The third-order valence-electron chi connectivity index (χ3n) is 1.13. The second kappa shape index (κ2) is 2.37. The molecule has 0 aromatic heterocycles. The van der Waals surface area contributed by atoms with Crippen LogP contribution in [0.2, 0.25) is 0 Å². The van der Waals surface area contributed by atoms with E-state index >= 15 is 0 Å². The summed E-state index contributed by atoms with van der Waals surface area (Å²) in [5, 5.41) is 0.471. The summed E-state index contributed by atoms with van der Waals surface area (Å²) in [6, 6.07) is 0. The zero-order valence-electron chi connectivity index (χ0n) is 5.08. The average Bonchev–Trinajstić information content (AvgIpc) is 1.80. The maximum Gasteiger partial charge on any atom is 0.144 e. The Hall–Kier alpha value is -0.540. The minimum atomic E-state index is -0.132. The van der Waals surface area contributed by atoms with Crippen LogP contribution in [-0.4, -0.2) is 24.3 Å². The van der Waals surface area contributed by atoms with Crippen LogP contribution in [0.3, 0.4) is 0 Å². The molecule has 0 spiro atoms. The van der Waals surface area contributed by atoms with Gasteiger partial charge in [0.1, 0.15) is 11.3 Å². The largest absolute Gasteiger partial charge is 0.358 e. The summed E-state index contributed by atoms with van der Waals surface area (Å²) in [6.07, 6.45) is 3.15. The summed E-state index contributed by atoms with van der Waals surface area (Å²) in [5.74, 6) is 0. The third-order valence-corrected chi connectivity index (χ3v) is 1.33. The van der Waals surface area contributed by atoms with E-state index in [2.05, 4.69) is 4.99 Å². The molecule has 0 aromatic rings. The number of hydrogen-bond donors (Lipinski definition) is 1. The number of rotatable bonds is 0. The lowest BCUT2D eigenvalue weighted by Crippen LogP contribution is -2.38. The number of halogens is 1. The van der Waals surface area contributed by atoms with Crippen molar-refractivity contribution in [3.63, 3.8) is 0 Å². The molecule has 0 saturated heterocycles. The van der Waals surface area contributed by atoms with E-state index in [1.165, 1.54) is 0 Å². The Balaban J connectivity index is 2.70. The fourth-order valence-corrected chi connectivity index (χ4v) is 0.750. The lowest BCUT2D eigenvalue weighted by molar-refractivity contribution is 0.411. The van der Waals surface area contributed by atoms with Crippen molar-refractivity contribution >= 4 is 17.8 Å². The van der Waals surface area contributed by atoms with Crippen molar-refractivity contribution in [1.29, 1.82) is 0 Å². The van der Waals surface area contributed by atoms with Crippen molar-refractivity contribution in [3.8, 4) is 0 Å². The van der Waals surface area contributed by atoms with Gasteiger partial charge in [-0.15, -0.1) is 0 Å². The van der Waals surface area contributed by atoms with Gasteiger partial charge in [0.15, 0.2) is 0 Å². The van der Waals surface area contributed by atoms with Crippen molar-refractivity contribution in [2.24, 2.45) is 10.7 Å². The fraction of sp³-hybridized carbons (Fsp3) is 0.400. The molecule has 0 aliphatic carbocycles. The van der Waals surface area contributed by atoms with Gasteiger partial charge in [0.2, 0.25) is 0 Å². The maximum atomic E-state index is 5.54. The molecule has 1 unspecified atom stereocenters. The van der Waals surface area contributed by atoms with Gasteiger partial charge in [0, 0.05) is 19.5 Å². The number of hydrogen-bond acceptors (Lipinski definition) is 3. The van der Waals surface area contributed by atoms with Gasteiger partial charge in [-0.1, -0.05) is 11.6 Å². The molecule has 0 saturated carbocycles.